The van der Waals surface area contributed by atoms with E-state index in [0.29, 0.717) is 23.0 Å². The molecule has 0 saturated heterocycles. The van der Waals surface area contributed by atoms with Crippen LogP contribution >= 0.6 is 0 Å². The van der Waals surface area contributed by atoms with Crippen molar-refractivity contribution in [3.63, 3.8) is 0 Å². The average Bonchev–Trinajstić information content (AvgIpc) is 2.71. The number of benzene rings is 2. The van der Waals surface area contributed by atoms with E-state index in [1.165, 1.54) is 49.7 Å². The minimum Gasteiger partial charge on any atom is -0.493 e. The van der Waals surface area contributed by atoms with Crippen LogP contribution in [0.25, 0.3) is 0 Å². The molecule has 1 N–H and O–H groups in total. The molecule has 0 spiro atoms. The molecule has 3 nitrogen and oxygen atoms in total. The Morgan fingerprint density at radius 2 is 1.61 bits per heavy atom. The van der Waals surface area contributed by atoms with E-state index in [1.54, 1.807) is 7.11 Å². The first kappa shape index (κ1) is 20.9. The van der Waals surface area contributed by atoms with Gasteiger partial charge in [0, 0.05) is 18.5 Å². The summed E-state index contributed by atoms with van der Waals surface area (Å²) in [5.41, 5.74) is 3.96. The summed E-state index contributed by atoms with van der Waals surface area (Å²) in [6, 6.07) is 16.9. The third-order valence-electron chi connectivity index (χ3n) is 8.01. The molecule has 0 aliphatic heterocycles. The zero-order valence-electron chi connectivity index (χ0n) is 19.4. The summed E-state index contributed by atoms with van der Waals surface area (Å²) in [7, 11) is 1.73. The lowest BCUT2D eigenvalue weighted by molar-refractivity contribution is -0.118. The predicted molar refractivity (Wildman–Crippen MR) is 126 cm³/mol. The van der Waals surface area contributed by atoms with E-state index in [1.807, 2.05) is 6.07 Å². The summed E-state index contributed by atoms with van der Waals surface area (Å²) in [4.78, 5) is 0. The van der Waals surface area contributed by atoms with Gasteiger partial charge in [-0.1, -0.05) is 50.2 Å². The number of hydrogen-bond donors (Lipinski definition) is 1. The van der Waals surface area contributed by atoms with Gasteiger partial charge in [0.05, 0.1) is 13.7 Å². The normalized spacial score (nSPS) is 33.5. The van der Waals surface area contributed by atoms with Gasteiger partial charge in [-0.2, -0.15) is 0 Å². The Balaban J connectivity index is 1.22. The van der Waals surface area contributed by atoms with E-state index < -0.39 is 0 Å². The van der Waals surface area contributed by atoms with Gasteiger partial charge in [-0.05, 0) is 78.5 Å². The zero-order valence-corrected chi connectivity index (χ0v) is 19.4. The molecule has 0 amide bonds. The Bertz CT molecular complexity index is 906. The molecule has 2 atom stereocenters. The summed E-state index contributed by atoms with van der Waals surface area (Å²) in [5, 5.41) is 4.03. The topological polar surface area (TPSA) is 30.5 Å². The Morgan fingerprint density at radius 1 is 0.871 bits per heavy atom. The van der Waals surface area contributed by atoms with Crippen molar-refractivity contribution < 1.29 is 9.47 Å². The smallest absolute Gasteiger partial charge is 0.161 e. The van der Waals surface area contributed by atoms with Crippen LogP contribution in [0.4, 0.5) is 0 Å². The van der Waals surface area contributed by atoms with Crippen molar-refractivity contribution in [1.29, 1.82) is 0 Å². The van der Waals surface area contributed by atoms with E-state index in [2.05, 4.69) is 61.6 Å². The van der Waals surface area contributed by atoms with Crippen molar-refractivity contribution in [3.05, 3.63) is 59.7 Å². The summed E-state index contributed by atoms with van der Waals surface area (Å²) >= 11 is 0. The molecule has 4 aliphatic rings. The molecule has 6 rings (SSSR count). The Kier molecular flexibility index (Phi) is 5.29. The fourth-order valence-corrected chi connectivity index (χ4v) is 7.80. The molecule has 4 saturated carbocycles. The van der Waals surface area contributed by atoms with Crippen molar-refractivity contribution in [1.82, 2.24) is 5.32 Å². The quantitative estimate of drug-likeness (QED) is 0.556. The number of rotatable bonds is 8. The molecule has 0 heterocycles. The highest BCUT2D eigenvalue weighted by molar-refractivity contribution is 5.43. The van der Waals surface area contributed by atoms with Gasteiger partial charge >= 0.3 is 0 Å². The van der Waals surface area contributed by atoms with E-state index >= 15 is 0 Å². The standard InChI is InChI=1S/C28H37NO2/c1-26-14-23-15-27(2,18-26)20-28(16-23,19-26)29-17-22-9-10-24(25(13-22)30-3)31-12-11-21-7-5-4-6-8-21/h4-10,13,23,29H,11-12,14-20H2,1-3H3. The van der Waals surface area contributed by atoms with Crippen molar-refractivity contribution in [2.75, 3.05) is 13.7 Å². The van der Waals surface area contributed by atoms with Gasteiger partial charge < -0.3 is 14.8 Å². The second kappa shape index (κ2) is 7.85. The fourth-order valence-electron chi connectivity index (χ4n) is 7.80. The molecular formula is C28H37NO2. The van der Waals surface area contributed by atoms with Gasteiger partial charge in [-0.3, -0.25) is 0 Å². The van der Waals surface area contributed by atoms with E-state index in [9.17, 15) is 0 Å². The maximum Gasteiger partial charge on any atom is 0.161 e. The lowest BCUT2D eigenvalue weighted by Crippen LogP contribution is -2.63. The van der Waals surface area contributed by atoms with Gasteiger partial charge in [-0.25, -0.2) is 0 Å². The highest BCUT2D eigenvalue weighted by atomic mass is 16.5. The predicted octanol–water partition coefficient (Wildman–Crippen LogP) is 6.16. The molecule has 0 aromatic heterocycles. The largest absolute Gasteiger partial charge is 0.493 e. The Labute approximate surface area is 187 Å². The Hall–Kier alpha value is -2.00. The van der Waals surface area contributed by atoms with Crippen molar-refractivity contribution >= 4 is 0 Å². The van der Waals surface area contributed by atoms with Crippen LogP contribution in [0.3, 0.4) is 0 Å². The van der Waals surface area contributed by atoms with Gasteiger partial charge in [0.1, 0.15) is 0 Å². The highest BCUT2D eigenvalue weighted by Crippen LogP contribution is 2.66. The second-order valence-corrected chi connectivity index (χ2v) is 11.3. The maximum absolute atomic E-state index is 6.05. The van der Waals surface area contributed by atoms with Gasteiger partial charge in [-0.15, -0.1) is 0 Å². The van der Waals surface area contributed by atoms with Crippen LogP contribution in [0.5, 0.6) is 11.5 Å². The summed E-state index contributed by atoms with van der Waals surface area (Å²) in [5.74, 6) is 2.57. The molecule has 166 valence electrons. The first-order chi connectivity index (χ1) is 14.9. The first-order valence-corrected chi connectivity index (χ1v) is 12.0. The second-order valence-electron chi connectivity index (χ2n) is 11.3. The molecule has 2 aromatic carbocycles. The van der Waals surface area contributed by atoms with Gasteiger partial charge in [0.25, 0.3) is 0 Å². The molecule has 4 aliphatic carbocycles. The summed E-state index contributed by atoms with van der Waals surface area (Å²) in [6.07, 6.45) is 9.23. The molecule has 4 bridgehead atoms. The number of ether oxygens (including phenoxy) is 2. The van der Waals surface area contributed by atoms with Crippen LogP contribution in [-0.4, -0.2) is 19.3 Å². The third-order valence-corrected chi connectivity index (χ3v) is 8.01. The van der Waals surface area contributed by atoms with Crippen molar-refractivity contribution in [3.8, 4) is 11.5 Å². The van der Waals surface area contributed by atoms with Crippen LogP contribution in [0.15, 0.2) is 48.5 Å². The van der Waals surface area contributed by atoms with Crippen LogP contribution in [0, 0.1) is 16.7 Å². The SMILES string of the molecule is COc1cc(CNC23CC4CC(C)(CC(C)(C4)C2)C3)ccc1OCCc1ccccc1. The minimum atomic E-state index is 0.320. The first-order valence-electron chi connectivity index (χ1n) is 12.0. The van der Waals surface area contributed by atoms with E-state index in [4.69, 9.17) is 9.47 Å². The van der Waals surface area contributed by atoms with E-state index in [-0.39, 0.29) is 0 Å². The Morgan fingerprint density at radius 3 is 2.29 bits per heavy atom. The summed E-state index contributed by atoms with van der Waals surface area (Å²) in [6.45, 7) is 6.63. The van der Waals surface area contributed by atoms with Crippen LogP contribution < -0.4 is 14.8 Å². The molecule has 31 heavy (non-hydrogen) atoms. The lowest BCUT2D eigenvalue weighted by atomic mass is 9.43. The molecule has 4 fully saturated rings. The molecule has 0 radical (unpaired) electrons. The monoisotopic (exact) mass is 419 g/mol. The molecular weight excluding hydrogens is 382 g/mol. The van der Waals surface area contributed by atoms with Gasteiger partial charge in [0.15, 0.2) is 11.5 Å². The van der Waals surface area contributed by atoms with Crippen LogP contribution in [0.2, 0.25) is 0 Å². The average molecular weight is 420 g/mol. The van der Waals surface area contributed by atoms with Gasteiger partial charge in [0.2, 0.25) is 0 Å². The highest BCUT2D eigenvalue weighted by Gasteiger charge is 2.59. The van der Waals surface area contributed by atoms with Crippen LogP contribution in [-0.2, 0) is 13.0 Å². The molecule has 3 heteroatoms. The van der Waals surface area contributed by atoms with E-state index in [0.717, 1.165) is 30.4 Å². The maximum atomic E-state index is 6.05. The molecule has 2 aromatic rings. The van der Waals surface area contributed by atoms with Crippen molar-refractivity contribution in [2.24, 2.45) is 16.7 Å². The lowest BCUT2D eigenvalue weighted by Gasteiger charge is -2.65. The molecule has 2 unspecified atom stereocenters. The number of methoxy groups -OCH3 is 1. The number of hydrogen-bond acceptors (Lipinski definition) is 3. The fraction of sp³-hybridized carbons (Fsp3) is 0.571. The minimum absolute atomic E-state index is 0.320. The van der Waals surface area contributed by atoms with Crippen LogP contribution in [0.1, 0.15) is 63.5 Å². The van der Waals surface area contributed by atoms with Crippen molar-refractivity contribution in [2.45, 2.75) is 70.9 Å². The zero-order chi connectivity index (χ0) is 21.5. The summed E-state index contributed by atoms with van der Waals surface area (Å²) < 4.78 is 11.7. The number of nitrogens with one attached hydrogen (secondary N) is 1. The third kappa shape index (κ3) is 4.35.